The Balaban J connectivity index is 2.90. The SMILES string of the molecule is COCC(Sc1nc(C)c(C)c(C)n1)C(=O)NN. The van der Waals surface area contributed by atoms with Crippen molar-refractivity contribution in [3.05, 3.63) is 17.0 Å². The highest BCUT2D eigenvalue weighted by Crippen LogP contribution is 2.22. The summed E-state index contributed by atoms with van der Waals surface area (Å²) in [6.07, 6.45) is 0. The van der Waals surface area contributed by atoms with Gasteiger partial charge in [-0.25, -0.2) is 15.8 Å². The summed E-state index contributed by atoms with van der Waals surface area (Å²) in [5.41, 5.74) is 5.00. The third-order valence-corrected chi connectivity index (χ3v) is 3.64. The molecule has 100 valence electrons. The minimum absolute atomic E-state index is 0.253. The van der Waals surface area contributed by atoms with Crippen molar-refractivity contribution < 1.29 is 9.53 Å². The van der Waals surface area contributed by atoms with Crippen molar-refractivity contribution in [2.24, 2.45) is 5.84 Å². The van der Waals surface area contributed by atoms with Crippen molar-refractivity contribution in [3.8, 4) is 0 Å². The van der Waals surface area contributed by atoms with Gasteiger partial charge in [-0.1, -0.05) is 11.8 Å². The van der Waals surface area contributed by atoms with Crippen molar-refractivity contribution in [3.63, 3.8) is 0 Å². The van der Waals surface area contributed by atoms with Crippen LogP contribution in [0.3, 0.4) is 0 Å². The maximum atomic E-state index is 11.6. The first-order valence-corrected chi connectivity index (χ1v) is 6.35. The molecule has 1 aromatic rings. The number of aromatic nitrogens is 2. The molecular weight excluding hydrogens is 252 g/mol. The summed E-state index contributed by atoms with van der Waals surface area (Å²) in [6.45, 7) is 6.06. The van der Waals surface area contributed by atoms with Crippen LogP contribution in [0.5, 0.6) is 0 Å². The first-order valence-electron chi connectivity index (χ1n) is 5.47. The third kappa shape index (κ3) is 3.66. The molecule has 1 aromatic heterocycles. The molecule has 0 fully saturated rings. The van der Waals surface area contributed by atoms with Gasteiger partial charge in [0.2, 0.25) is 5.91 Å². The van der Waals surface area contributed by atoms with Crippen LogP contribution in [0.25, 0.3) is 0 Å². The van der Waals surface area contributed by atoms with E-state index in [0.717, 1.165) is 17.0 Å². The molecule has 0 aromatic carbocycles. The van der Waals surface area contributed by atoms with Gasteiger partial charge < -0.3 is 4.74 Å². The molecule has 0 saturated heterocycles. The first kappa shape index (κ1) is 14.9. The van der Waals surface area contributed by atoms with Crippen molar-refractivity contribution in [1.29, 1.82) is 0 Å². The summed E-state index contributed by atoms with van der Waals surface area (Å²) in [5, 5.41) is 0.0998. The number of ether oxygens (including phenoxy) is 1. The highest BCUT2D eigenvalue weighted by molar-refractivity contribution is 8.00. The van der Waals surface area contributed by atoms with Gasteiger partial charge in [-0.05, 0) is 26.3 Å². The first-order chi connectivity index (χ1) is 8.49. The maximum absolute atomic E-state index is 11.6. The van der Waals surface area contributed by atoms with Gasteiger partial charge in [0.15, 0.2) is 5.16 Å². The fourth-order valence-corrected chi connectivity index (χ4v) is 2.34. The summed E-state index contributed by atoms with van der Waals surface area (Å²) < 4.78 is 4.99. The molecule has 0 saturated carbocycles. The van der Waals surface area contributed by atoms with Gasteiger partial charge in [0, 0.05) is 18.5 Å². The summed E-state index contributed by atoms with van der Waals surface area (Å²) in [5.74, 6) is 4.83. The summed E-state index contributed by atoms with van der Waals surface area (Å²) in [7, 11) is 1.53. The lowest BCUT2D eigenvalue weighted by atomic mass is 10.2. The Labute approximate surface area is 111 Å². The molecule has 1 unspecified atom stereocenters. The van der Waals surface area contributed by atoms with E-state index in [1.165, 1.54) is 18.9 Å². The second-order valence-corrected chi connectivity index (χ2v) is 5.04. The van der Waals surface area contributed by atoms with E-state index in [-0.39, 0.29) is 12.5 Å². The highest BCUT2D eigenvalue weighted by Gasteiger charge is 2.21. The molecule has 0 aliphatic carbocycles. The molecule has 3 N–H and O–H groups in total. The molecule has 1 rings (SSSR count). The number of hydrogen-bond donors (Lipinski definition) is 2. The predicted octanol–water partition coefficient (Wildman–Crippen LogP) is 0.499. The Morgan fingerprint density at radius 3 is 2.39 bits per heavy atom. The molecule has 0 aliphatic rings. The minimum Gasteiger partial charge on any atom is -0.383 e. The number of amides is 1. The maximum Gasteiger partial charge on any atom is 0.249 e. The lowest BCUT2D eigenvalue weighted by Crippen LogP contribution is -2.39. The van der Waals surface area contributed by atoms with Gasteiger partial charge in [-0.3, -0.25) is 10.2 Å². The number of nitrogens with one attached hydrogen (secondary N) is 1. The van der Waals surface area contributed by atoms with Crippen LogP contribution in [-0.4, -0.2) is 34.8 Å². The van der Waals surface area contributed by atoms with Crippen LogP contribution >= 0.6 is 11.8 Å². The second-order valence-electron chi connectivity index (χ2n) is 3.87. The van der Waals surface area contributed by atoms with Gasteiger partial charge in [0.1, 0.15) is 5.25 Å². The molecular formula is C11H18N4O2S. The number of hydrogen-bond acceptors (Lipinski definition) is 6. The molecule has 6 nitrogen and oxygen atoms in total. The van der Waals surface area contributed by atoms with E-state index in [1.54, 1.807) is 0 Å². The Morgan fingerprint density at radius 2 is 1.94 bits per heavy atom. The van der Waals surface area contributed by atoms with Gasteiger partial charge in [0.05, 0.1) is 6.61 Å². The molecule has 0 aliphatic heterocycles. The zero-order chi connectivity index (χ0) is 13.7. The van der Waals surface area contributed by atoms with Crippen molar-refractivity contribution in [1.82, 2.24) is 15.4 Å². The van der Waals surface area contributed by atoms with Gasteiger partial charge in [-0.2, -0.15) is 0 Å². The van der Waals surface area contributed by atoms with Crippen molar-refractivity contribution >= 4 is 17.7 Å². The van der Waals surface area contributed by atoms with Gasteiger partial charge in [-0.15, -0.1) is 0 Å². The molecule has 7 heteroatoms. The average molecular weight is 270 g/mol. The fourth-order valence-electron chi connectivity index (χ4n) is 1.33. The Morgan fingerprint density at radius 1 is 1.39 bits per heavy atom. The van der Waals surface area contributed by atoms with E-state index < -0.39 is 5.25 Å². The topological polar surface area (TPSA) is 90.1 Å². The lowest BCUT2D eigenvalue weighted by molar-refractivity contribution is -0.121. The summed E-state index contributed by atoms with van der Waals surface area (Å²) in [6, 6.07) is 0. The Bertz CT molecular complexity index is 416. The molecule has 0 radical (unpaired) electrons. The largest absolute Gasteiger partial charge is 0.383 e. The smallest absolute Gasteiger partial charge is 0.249 e. The van der Waals surface area contributed by atoms with Gasteiger partial charge in [0.25, 0.3) is 0 Å². The quantitative estimate of drug-likeness (QED) is 0.266. The summed E-state index contributed by atoms with van der Waals surface area (Å²) >= 11 is 1.24. The van der Waals surface area contributed by atoms with E-state index in [4.69, 9.17) is 10.6 Å². The van der Waals surface area contributed by atoms with Crippen LogP contribution in [0, 0.1) is 20.8 Å². The molecule has 0 spiro atoms. The number of thioether (sulfide) groups is 1. The normalized spacial score (nSPS) is 12.3. The van der Waals surface area contributed by atoms with E-state index in [9.17, 15) is 4.79 Å². The number of methoxy groups -OCH3 is 1. The van der Waals surface area contributed by atoms with E-state index >= 15 is 0 Å². The fraction of sp³-hybridized carbons (Fsp3) is 0.545. The number of hydrazine groups is 1. The predicted molar refractivity (Wildman–Crippen MR) is 70.1 cm³/mol. The lowest BCUT2D eigenvalue weighted by Gasteiger charge is -2.14. The zero-order valence-corrected chi connectivity index (χ0v) is 11.8. The van der Waals surface area contributed by atoms with Crippen LogP contribution in [0.15, 0.2) is 5.16 Å². The highest BCUT2D eigenvalue weighted by atomic mass is 32.2. The third-order valence-electron chi connectivity index (χ3n) is 2.61. The van der Waals surface area contributed by atoms with Crippen LogP contribution in [0.2, 0.25) is 0 Å². The van der Waals surface area contributed by atoms with E-state index in [0.29, 0.717) is 5.16 Å². The number of rotatable bonds is 5. The molecule has 1 amide bonds. The second kappa shape index (κ2) is 6.67. The number of nitrogens with zero attached hydrogens (tertiary/aromatic N) is 2. The monoisotopic (exact) mass is 270 g/mol. The minimum atomic E-state index is -0.457. The van der Waals surface area contributed by atoms with Crippen LogP contribution in [-0.2, 0) is 9.53 Å². The van der Waals surface area contributed by atoms with Gasteiger partial charge >= 0.3 is 0 Å². The van der Waals surface area contributed by atoms with Crippen LogP contribution < -0.4 is 11.3 Å². The summed E-state index contributed by atoms with van der Waals surface area (Å²) in [4.78, 5) is 20.2. The number of carbonyl (C=O) groups excluding carboxylic acids is 1. The standard InChI is InChI=1S/C11H18N4O2S/c1-6-7(2)13-11(14-8(6)3)18-9(5-17-4)10(16)15-12/h9H,5,12H2,1-4H3,(H,15,16). The number of nitrogens with two attached hydrogens (primary N) is 1. The average Bonchev–Trinajstić information content (AvgIpc) is 2.34. The number of aryl methyl sites for hydroxylation is 2. The van der Waals surface area contributed by atoms with Crippen molar-refractivity contribution in [2.45, 2.75) is 31.2 Å². The molecule has 0 bridgehead atoms. The van der Waals surface area contributed by atoms with Crippen LogP contribution in [0.1, 0.15) is 17.0 Å². The molecule has 18 heavy (non-hydrogen) atoms. The Hall–Kier alpha value is -1.18. The van der Waals surface area contributed by atoms with E-state index in [1.807, 2.05) is 20.8 Å². The van der Waals surface area contributed by atoms with Crippen LogP contribution in [0.4, 0.5) is 0 Å². The molecule has 1 atom stereocenters. The number of carbonyl (C=O) groups is 1. The van der Waals surface area contributed by atoms with E-state index in [2.05, 4.69) is 15.4 Å². The van der Waals surface area contributed by atoms with Crippen molar-refractivity contribution in [2.75, 3.05) is 13.7 Å². The molecule has 1 heterocycles. The Kier molecular flexibility index (Phi) is 5.52. The zero-order valence-electron chi connectivity index (χ0n) is 11.0.